The maximum absolute atomic E-state index is 13.0. The van der Waals surface area contributed by atoms with Gasteiger partial charge in [-0.3, -0.25) is 9.59 Å². The average Bonchev–Trinajstić information content (AvgIpc) is 3.05. The third-order valence-electron chi connectivity index (χ3n) is 4.95. The number of carbonyl (C=O) groups is 2. The fourth-order valence-electron chi connectivity index (χ4n) is 3.14. The molecule has 0 spiro atoms. The van der Waals surface area contributed by atoms with Crippen molar-refractivity contribution < 1.29 is 9.59 Å². The smallest absolute Gasteiger partial charge is 0.266 e. The number of para-hydroxylation sites is 1. The van der Waals surface area contributed by atoms with Crippen LogP contribution in [0.3, 0.4) is 0 Å². The summed E-state index contributed by atoms with van der Waals surface area (Å²) in [5, 5.41) is 6.79. The van der Waals surface area contributed by atoms with Crippen LogP contribution in [0.2, 0.25) is 0 Å². The molecule has 2 N–H and O–H groups in total. The molecule has 2 heterocycles. The molecule has 0 fully saturated rings. The van der Waals surface area contributed by atoms with Crippen molar-refractivity contribution >= 4 is 39.1 Å². The van der Waals surface area contributed by atoms with Gasteiger partial charge in [0.1, 0.15) is 10.7 Å². The van der Waals surface area contributed by atoms with Crippen LogP contribution in [-0.2, 0) is 6.42 Å². The Morgan fingerprint density at radius 2 is 1.83 bits per heavy atom. The molecule has 0 aliphatic carbocycles. The fraction of sp³-hybridized carbons (Fsp3) is 0.364. The molecule has 2 aromatic heterocycles. The molecule has 152 valence electrons. The van der Waals surface area contributed by atoms with Gasteiger partial charge < -0.3 is 10.6 Å². The van der Waals surface area contributed by atoms with E-state index in [0.29, 0.717) is 16.1 Å². The number of hydrogen-bond acceptors (Lipinski definition) is 5. The molecule has 3 aromatic rings. The number of rotatable bonds is 6. The van der Waals surface area contributed by atoms with Crippen LogP contribution in [0.5, 0.6) is 0 Å². The average molecular weight is 411 g/mol. The molecule has 0 radical (unpaired) electrons. The molecule has 0 saturated heterocycles. The number of nitrogens with zero attached hydrogens (tertiary/aromatic N) is 2. The van der Waals surface area contributed by atoms with Crippen molar-refractivity contribution in [3.63, 3.8) is 0 Å². The van der Waals surface area contributed by atoms with E-state index in [1.165, 1.54) is 11.3 Å². The van der Waals surface area contributed by atoms with Crippen LogP contribution < -0.4 is 10.6 Å². The van der Waals surface area contributed by atoms with Crippen molar-refractivity contribution in [1.29, 1.82) is 0 Å². The van der Waals surface area contributed by atoms with Crippen LogP contribution in [0.25, 0.3) is 10.2 Å². The minimum atomic E-state index is -0.244. The number of thiophene rings is 1. The van der Waals surface area contributed by atoms with E-state index in [0.717, 1.165) is 40.1 Å². The summed E-state index contributed by atoms with van der Waals surface area (Å²) >= 11 is 1.36. The summed E-state index contributed by atoms with van der Waals surface area (Å²) in [6.45, 7) is 9.83. The molecule has 1 unspecified atom stereocenters. The summed E-state index contributed by atoms with van der Waals surface area (Å²) in [5.41, 5.74) is 2.69. The van der Waals surface area contributed by atoms with Gasteiger partial charge in [-0.25, -0.2) is 9.97 Å². The maximum atomic E-state index is 13.0. The first-order valence-corrected chi connectivity index (χ1v) is 10.6. The van der Waals surface area contributed by atoms with Gasteiger partial charge >= 0.3 is 0 Å². The Bertz CT molecular complexity index is 1070. The molecule has 29 heavy (non-hydrogen) atoms. The van der Waals surface area contributed by atoms with Gasteiger partial charge in [-0.1, -0.05) is 26.0 Å². The number of aromatic nitrogens is 2. The third-order valence-corrected chi connectivity index (χ3v) is 6.13. The summed E-state index contributed by atoms with van der Waals surface area (Å²) in [7, 11) is 0. The largest absolute Gasteiger partial charge is 0.350 e. The first-order valence-electron chi connectivity index (χ1n) is 9.83. The lowest BCUT2D eigenvalue weighted by Crippen LogP contribution is -2.32. The Kier molecular flexibility index (Phi) is 6.27. The monoisotopic (exact) mass is 410 g/mol. The van der Waals surface area contributed by atoms with E-state index in [4.69, 9.17) is 0 Å². The lowest BCUT2D eigenvalue weighted by molar-refractivity contribution is 0.0940. The molecule has 0 bridgehead atoms. The molecule has 7 heteroatoms. The summed E-state index contributed by atoms with van der Waals surface area (Å²) in [6, 6.07) is 7.11. The highest BCUT2D eigenvalue weighted by Crippen LogP contribution is 2.32. The lowest BCUT2D eigenvalue weighted by Gasteiger charge is -2.14. The molecular weight excluding hydrogens is 384 g/mol. The van der Waals surface area contributed by atoms with E-state index in [9.17, 15) is 9.59 Å². The van der Waals surface area contributed by atoms with Crippen LogP contribution in [0.15, 0.2) is 24.3 Å². The summed E-state index contributed by atoms with van der Waals surface area (Å²) in [5.74, 6) is 0.333. The normalized spacial score (nSPS) is 12.0. The number of aryl methyl sites for hydroxylation is 3. The molecule has 0 aliphatic rings. The molecule has 1 atom stereocenters. The Balaban J connectivity index is 1.93. The van der Waals surface area contributed by atoms with Gasteiger partial charge in [-0.05, 0) is 44.9 Å². The zero-order chi connectivity index (χ0) is 21.1. The molecule has 6 nitrogen and oxygen atoms in total. The fourth-order valence-corrected chi connectivity index (χ4v) is 4.29. The van der Waals surface area contributed by atoms with Crippen molar-refractivity contribution in [2.45, 2.75) is 53.5 Å². The van der Waals surface area contributed by atoms with Crippen LogP contribution in [0.1, 0.15) is 64.3 Å². The van der Waals surface area contributed by atoms with Gasteiger partial charge in [0.2, 0.25) is 0 Å². The van der Waals surface area contributed by atoms with E-state index in [1.807, 2.05) is 34.6 Å². The van der Waals surface area contributed by atoms with Gasteiger partial charge in [0, 0.05) is 23.5 Å². The van der Waals surface area contributed by atoms with Crippen molar-refractivity contribution in [3.8, 4) is 0 Å². The Labute approximate surface area is 174 Å². The highest BCUT2D eigenvalue weighted by Gasteiger charge is 2.21. The Morgan fingerprint density at radius 1 is 1.10 bits per heavy atom. The molecular formula is C22H26N4O2S. The molecule has 2 amide bonds. The number of hydrogen-bond donors (Lipinski definition) is 2. The minimum absolute atomic E-state index is 0.0606. The van der Waals surface area contributed by atoms with Crippen LogP contribution in [0.4, 0.5) is 5.69 Å². The second-order valence-electron chi connectivity index (χ2n) is 7.10. The van der Waals surface area contributed by atoms with E-state index < -0.39 is 0 Å². The molecule has 3 rings (SSSR count). The first kappa shape index (κ1) is 20.9. The van der Waals surface area contributed by atoms with Gasteiger partial charge in [0.05, 0.1) is 16.1 Å². The van der Waals surface area contributed by atoms with Gasteiger partial charge in [0.15, 0.2) is 0 Å². The number of amides is 2. The van der Waals surface area contributed by atoms with Crippen molar-refractivity contribution in [2.24, 2.45) is 0 Å². The Morgan fingerprint density at radius 3 is 2.52 bits per heavy atom. The number of nitrogens with one attached hydrogen (secondary N) is 2. The van der Waals surface area contributed by atoms with E-state index in [1.54, 1.807) is 24.3 Å². The predicted octanol–water partition coefficient (Wildman–Crippen LogP) is 4.65. The third kappa shape index (κ3) is 4.29. The Hall–Kier alpha value is -2.80. The highest BCUT2D eigenvalue weighted by molar-refractivity contribution is 7.20. The van der Waals surface area contributed by atoms with Crippen molar-refractivity contribution in [3.05, 3.63) is 51.8 Å². The summed E-state index contributed by atoms with van der Waals surface area (Å²) < 4.78 is 0. The minimum Gasteiger partial charge on any atom is -0.350 e. The number of anilines is 1. The van der Waals surface area contributed by atoms with E-state index >= 15 is 0 Å². The molecule has 0 aliphatic heterocycles. The van der Waals surface area contributed by atoms with Crippen LogP contribution >= 0.6 is 11.3 Å². The topological polar surface area (TPSA) is 84.0 Å². The van der Waals surface area contributed by atoms with E-state index in [2.05, 4.69) is 20.6 Å². The van der Waals surface area contributed by atoms with Crippen LogP contribution in [0, 0.1) is 13.8 Å². The van der Waals surface area contributed by atoms with Crippen molar-refractivity contribution in [2.75, 3.05) is 5.32 Å². The predicted molar refractivity (Wildman–Crippen MR) is 118 cm³/mol. The van der Waals surface area contributed by atoms with Crippen molar-refractivity contribution in [1.82, 2.24) is 15.3 Å². The van der Waals surface area contributed by atoms with Gasteiger partial charge in [0.25, 0.3) is 11.8 Å². The van der Waals surface area contributed by atoms with E-state index in [-0.39, 0.29) is 17.9 Å². The summed E-state index contributed by atoms with van der Waals surface area (Å²) in [4.78, 5) is 36.1. The second kappa shape index (κ2) is 8.69. The zero-order valence-corrected chi connectivity index (χ0v) is 18.2. The first-order chi connectivity index (χ1) is 13.8. The van der Waals surface area contributed by atoms with Crippen LogP contribution in [-0.4, -0.2) is 27.8 Å². The van der Waals surface area contributed by atoms with Gasteiger partial charge in [-0.15, -0.1) is 11.3 Å². The number of fused-ring (bicyclic) bond motifs is 1. The van der Waals surface area contributed by atoms with Gasteiger partial charge in [-0.2, -0.15) is 0 Å². The molecule has 1 aromatic carbocycles. The SMILES string of the molecule is CCc1nc(C)c2c(C)c(C(=O)Nc3ccccc3C(=O)NC(C)CC)sc2n1. The highest BCUT2D eigenvalue weighted by atomic mass is 32.1. The maximum Gasteiger partial charge on any atom is 0.266 e. The molecule has 0 saturated carbocycles. The number of benzene rings is 1. The number of carbonyl (C=O) groups excluding carboxylic acids is 2. The second-order valence-corrected chi connectivity index (χ2v) is 8.10. The lowest BCUT2D eigenvalue weighted by atomic mass is 10.1. The zero-order valence-electron chi connectivity index (χ0n) is 17.4. The summed E-state index contributed by atoms with van der Waals surface area (Å²) in [6.07, 6.45) is 1.58. The standard InChI is InChI=1S/C22H26N4O2S/c1-6-12(3)23-20(27)15-10-8-9-11-16(15)25-21(28)19-13(4)18-14(5)24-17(7-2)26-22(18)29-19/h8-12H,6-7H2,1-5H3,(H,23,27)(H,25,28). The quantitative estimate of drug-likeness (QED) is 0.619.